The average Bonchev–Trinajstić information content (AvgIpc) is 2.30. The Morgan fingerprint density at radius 2 is 1.95 bits per heavy atom. The number of hydrogen-bond acceptors (Lipinski definition) is 5. The van der Waals surface area contributed by atoms with Gasteiger partial charge in [0, 0.05) is 25.6 Å². The zero-order valence-corrected chi connectivity index (χ0v) is 12.4. The molecular weight excluding hydrogens is 248 g/mol. The fourth-order valence-corrected chi connectivity index (χ4v) is 1.44. The van der Waals surface area contributed by atoms with Crippen LogP contribution >= 0.6 is 0 Å². The van der Waals surface area contributed by atoms with Crippen LogP contribution in [0.3, 0.4) is 0 Å². The van der Waals surface area contributed by atoms with E-state index < -0.39 is 11.5 Å². The number of esters is 1. The summed E-state index contributed by atoms with van der Waals surface area (Å²) in [7, 11) is 1.55. The molecule has 0 fully saturated rings. The molecular formula is C13H26N2O4. The highest BCUT2D eigenvalue weighted by Gasteiger charge is 2.20. The highest BCUT2D eigenvalue weighted by molar-refractivity contribution is 5.82. The number of carbonyl (C=O) groups is 2. The van der Waals surface area contributed by atoms with E-state index in [9.17, 15) is 9.59 Å². The Labute approximate surface area is 115 Å². The van der Waals surface area contributed by atoms with Gasteiger partial charge in [0.15, 0.2) is 0 Å². The number of rotatable bonds is 9. The normalized spacial score (nSPS) is 11.2. The van der Waals surface area contributed by atoms with Gasteiger partial charge in [-0.05, 0) is 27.2 Å². The van der Waals surface area contributed by atoms with Crippen molar-refractivity contribution in [3.63, 3.8) is 0 Å². The molecule has 0 radical (unpaired) electrons. The number of nitrogens with zero attached hydrogens (tertiary/aromatic N) is 1. The summed E-state index contributed by atoms with van der Waals surface area (Å²) in [5.74, 6) is -0.511. The Kier molecular flexibility index (Phi) is 8.34. The van der Waals surface area contributed by atoms with Crippen LogP contribution in [0.2, 0.25) is 0 Å². The first-order valence-electron chi connectivity index (χ1n) is 6.51. The predicted molar refractivity (Wildman–Crippen MR) is 72.6 cm³/mol. The molecule has 0 rings (SSSR count). The summed E-state index contributed by atoms with van der Waals surface area (Å²) in [4.78, 5) is 24.9. The molecule has 19 heavy (non-hydrogen) atoms. The lowest BCUT2D eigenvalue weighted by molar-refractivity contribution is -0.149. The summed E-state index contributed by atoms with van der Waals surface area (Å²) in [6.45, 7) is 6.49. The van der Waals surface area contributed by atoms with Crippen LogP contribution in [0.4, 0.5) is 0 Å². The summed E-state index contributed by atoms with van der Waals surface area (Å²) >= 11 is 0. The largest absolute Gasteiger partial charge is 0.465 e. The SMILES string of the molecule is CCOC(=O)CN(CCOC)C(=O)CCC(C)(C)N. The van der Waals surface area contributed by atoms with Gasteiger partial charge in [-0.1, -0.05) is 0 Å². The third kappa shape index (κ3) is 9.44. The fourth-order valence-electron chi connectivity index (χ4n) is 1.44. The summed E-state index contributed by atoms with van der Waals surface area (Å²) in [6.07, 6.45) is 0.880. The first kappa shape index (κ1) is 17.9. The molecule has 0 aliphatic heterocycles. The predicted octanol–water partition coefficient (Wildman–Crippen LogP) is 0.542. The van der Waals surface area contributed by atoms with Crippen molar-refractivity contribution in [3.8, 4) is 0 Å². The maximum Gasteiger partial charge on any atom is 0.325 e. The first-order valence-corrected chi connectivity index (χ1v) is 6.51. The van der Waals surface area contributed by atoms with Gasteiger partial charge in [-0.2, -0.15) is 0 Å². The summed E-state index contributed by atoms with van der Waals surface area (Å²) in [6, 6.07) is 0. The molecule has 6 nitrogen and oxygen atoms in total. The maximum absolute atomic E-state index is 12.0. The van der Waals surface area contributed by atoms with Crippen molar-refractivity contribution in [2.24, 2.45) is 5.73 Å². The quantitative estimate of drug-likeness (QED) is 0.621. The van der Waals surface area contributed by atoms with E-state index in [-0.39, 0.29) is 12.5 Å². The van der Waals surface area contributed by atoms with Crippen molar-refractivity contribution < 1.29 is 19.1 Å². The van der Waals surface area contributed by atoms with E-state index in [1.165, 1.54) is 4.90 Å². The number of nitrogens with two attached hydrogens (primary N) is 1. The van der Waals surface area contributed by atoms with Crippen LogP contribution in [0.1, 0.15) is 33.6 Å². The number of methoxy groups -OCH3 is 1. The molecule has 0 saturated carbocycles. The van der Waals surface area contributed by atoms with Crippen molar-refractivity contribution in [3.05, 3.63) is 0 Å². The number of ether oxygens (including phenoxy) is 2. The van der Waals surface area contributed by atoms with Gasteiger partial charge in [0.05, 0.1) is 13.2 Å². The third-order valence-corrected chi connectivity index (χ3v) is 2.53. The van der Waals surface area contributed by atoms with E-state index in [0.29, 0.717) is 32.6 Å². The van der Waals surface area contributed by atoms with Crippen molar-refractivity contribution in [2.45, 2.75) is 39.2 Å². The van der Waals surface area contributed by atoms with Gasteiger partial charge in [0.2, 0.25) is 5.91 Å². The molecule has 0 aromatic rings. The highest BCUT2D eigenvalue weighted by Crippen LogP contribution is 2.09. The Morgan fingerprint density at radius 1 is 1.32 bits per heavy atom. The van der Waals surface area contributed by atoms with E-state index in [2.05, 4.69) is 0 Å². The summed E-state index contributed by atoms with van der Waals surface area (Å²) in [5.41, 5.74) is 5.45. The Bertz CT molecular complexity index is 287. The zero-order chi connectivity index (χ0) is 14.9. The molecule has 0 aromatic carbocycles. The van der Waals surface area contributed by atoms with Gasteiger partial charge >= 0.3 is 5.97 Å². The minimum absolute atomic E-state index is 0.0406. The lowest BCUT2D eigenvalue weighted by Crippen LogP contribution is -2.40. The van der Waals surface area contributed by atoms with Crippen LogP contribution < -0.4 is 5.73 Å². The lowest BCUT2D eigenvalue weighted by atomic mass is 10.00. The lowest BCUT2D eigenvalue weighted by Gasteiger charge is -2.24. The molecule has 0 atom stereocenters. The Hall–Kier alpha value is -1.14. The second-order valence-corrected chi connectivity index (χ2v) is 5.10. The molecule has 0 unspecified atom stereocenters. The van der Waals surface area contributed by atoms with Crippen molar-refractivity contribution in [1.29, 1.82) is 0 Å². The van der Waals surface area contributed by atoms with E-state index in [0.717, 1.165) is 0 Å². The average molecular weight is 274 g/mol. The van der Waals surface area contributed by atoms with Gasteiger partial charge < -0.3 is 20.1 Å². The smallest absolute Gasteiger partial charge is 0.325 e. The second-order valence-electron chi connectivity index (χ2n) is 5.10. The van der Waals surface area contributed by atoms with E-state index in [1.807, 2.05) is 13.8 Å². The Balaban J connectivity index is 4.38. The number of hydrogen-bond donors (Lipinski definition) is 1. The van der Waals surface area contributed by atoms with E-state index in [1.54, 1.807) is 14.0 Å². The molecule has 2 N–H and O–H groups in total. The van der Waals surface area contributed by atoms with Crippen molar-refractivity contribution in [1.82, 2.24) is 4.90 Å². The van der Waals surface area contributed by atoms with E-state index >= 15 is 0 Å². The molecule has 0 heterocycles. The van der Waals surface area contributed by atoms with Gasteiger partial charge in [0.1, 0.15) is 6.54 Å². The maximum atomic E-state index is 12.0. The molecule has 0 aromatic heterocycles. The zero-order valence-electron chi connectivity index (χ0n) is 12.4. The molecule has 1 amide bonds. The second kappa shape index (κ2) is 8.87. The monoisotopic (exact) mass is 274 g/mol. The molecule has 6 heteroatoms. The van der Waals surface area contributed by atoms with Gasteiger partial charge in [-0.3, -0.25) is 9.59 Å². The topological polar surface area (TPSA) is 81.9 Å². The minimum Gasteiger partial charge on any atom is -0.465 e. The fraction of sp³-hybridized carbons (Fsp3) is 0.846. The molecule has 0 aliphatic rings. The summed E-state index contributed by atoms with van der Waals surface area (Å²) < 4.78 is 9.79. The van der Waals surface area contributed by atoms with E-state index in [4.69, 9.17) is 15.2 Å². The molecule has 0 spiro atoms. The Morgan fingerprint density at radius 3 is 2.42 bits per heavy atom. The van der Waals surface area contributed by atoms with Crippen LogP contribution in [-0.4, -0.2) is 55.7 Å². The standard InChI is InChI=1S/C13H26N2O4/c1-5-19-12(17)10-15(8-9-18-4)11(16)6-7-13(2,3)14/h5-10,14H2,1-4H3. The van der Waals surface area contributed by atoms with Gasteiger partial charge in [0.25, 0.3) is 0 Å². The highest BCUT2D eigenvalue weighted by atomic mass is 16.5. The van der Waals surface area contributed by atoms with Crippen LogP contribution in [0, 0.1) is 0 Å². The molecule has 0 saturated heterocycles. The van der Waals surface area contributed by atoms with Crippen LogP contribution in [-0.2, 0) is 19.1 Å². The van der Waals surface area contributed by atoms with Crippen LogP contribution in [0.5, 0.6) is 0 Å². The molecule has 0 bridgehead atoms. The summed E-state index contributed by atoms with van der Waals surface area (Å²) in [5, 5.41) is 0. The van der Waals surface area contributed by atoms with Gasteiger partial charge in [-0.15, -0.1) is 0 Å². The van der Waals surface area contributed by atoms with Crippen LogP contribution in [0.15, 0.2) is 0 Å². The van der Waals surface area contributed by atoms with Gasteiger partial charge in [-0.25, -0.2) is 0 Å². The molecule has 0 aliphatic carbocycles. The number of carbonyl (C=O) groups excluding carboxylic acids is 2. The van der Waals surface area contributed by atoms with Crippen molar-refractivity contribution in [2.75, 3.05) is 33.4 Å². The first-order chi connectivity index (χ1) is 8.80. The van der Waals surface area contributed by atoms with Crippen LogP contribution in [0.25, 0.3) is 0 Å². The number of amides is 1. The minimum atomic E-state index is -0.404. The third-order valence-electron chi connectivity index (χ3n) is 2.53. The molecule has 112 valence electrons. The van der Waals surface area contributed by atoms with Crippen molar-refractivity contribution >= 4 is 11.9 Å².